The van der Waals surface area contributed by atoms with Crippen LogP contribution in [-0.4, -0.2) is 15.5 Å². The van der Waals surface area contributed by atoms with E-state index in [9.17, 15) is 9.59 Å². The minimum atomic E-state index is -0.328. The van der Waals surface area contributed by atoms with Gasteiger partial charge in [0.25, 0.3) is 5.56 Å². The molecule has 0 fully saturated rings. The van der Waals surface area contributed by atoms with Crippen molar-refractivity contribution in [3.05, 3.63) is 26.6 Å². The maximum atomic E-state index is 13.2. The predicted octanol–water partition coefficient (Wildman–Crippen LogP) is 3.44. The lowest BCUT2D eigenvalue weighted by molar-refractivity contribution is -0.118. The van der Waals surface area contributed by atoms with E-state index in [4.69, 9.17) is 10.7 Å². The first-order valence-corrected chi connectivity index (χ1v) is 10.4. The zero-order chi connectivity index (χ0) is 19.1. The van der Waals surface area contributed by atoms with Gasteiger partial charge in [-0.1, -0.05) is 27.7 Å². The van der Waals surface area contributed by atoms with Gasteiger partial charge in [-0.3, -0.25) is 14.2 Å². The lowest BCUT2D eigenvalue weighted by Gasteiger charge is -2.33. The van der Waals surface area contributed by atoms with Crippen LogP contribution in [0.4, 0.5) is 0 Å². The van der Waals surface area contributed by atoms with Crippen LogP contribution in [0.3, 0.4) is 0 Å². The smallest absolute Gasteiger partial charge is 0.262 e. The Hall–Kier alpha value is -1.69. The van der Waals surface area contributed by atoms with Gasteiger partial charge >= 0.3 is 0 Å². The number of aromatic nitrogens is 2. The third kappa shape index (κ3) is 3.56. The van der Waals surface area contributed by atoms with E-state index in [1.165, 1.54) is 10.4 Å². The summed E-state index contributed by atoms with van der Waals surface area (Å²) in [6, 6.07) is 0. The maximum absolute atomic E-state index is 13.2. The summed E-state index contributed by atoms with van der Waals surface area (Å²) in [5.41, 5.74) is 6.80. The summed E-state index contributed by atoms with van der Waals surface area (Å²) in [6.45, 7) is 9.42. The number of nitrogens with two attached hydrogens (primary N) is 1. The average molecular weight is 376 g/mol. The van der Waals surface area contributed by atoms with Gasteiger partial charge in [0, 0.05) is 24.3 Å². The Balaban J connectivity index is 2.03. The molecule has 0 aromatic carbocycles. The number of nitrogens with zero attached hydrogens (tertiary/aromatic N) is 2. The largest absolute Gasteiger partial charge is 0.370 e. The van der Waals surface area contributed by atoms with Crippen molar-refractivity contribution >= 4 is 27.5 Å². The summed E-state index contributed by atoms with van der Waals surface area (Å²) >= 11 is 1.70. The van der Waals surface area contributed by atoms with Crippen molar-refractivity contribution < 1.29 is 4.79 Å². The first-order valence-electron chi connectivity index (χ1n) is 9.54. The second-order valence-electron chi connectivity index (χ2n) is 8.40. The van der Waals surface area contributed by atoms with Gasteiger partial charge in [0.15, 0.2) is 0 Å². The molecular formula is C20H29N3O2S. The molecule has 2 N–H and O–H groups in total. The molecule has 142 valence electrons. The van der Waals surface area contributed by atoms with Crippen molar-refractivity contribution in [1.82, 2.24) is 9.55 Å². The first kappa shape index (κ1) is 19.1. The molecule has 5 nitrogen and oxygen atoms in total. The Morgan fingerprint density at radius 2 is 2.12 bits per heavy atom. The number of primary amides is 1. The van der Waals surface area contributed by atoms with Gasteiger partial charge in [0.2, 0.25) is 5.91 Å². The van der Waals surface area contributed by atoms with Gasteiger partial charge in [-0.05, 0) is 42.6 Å². The molecule has 0 spiro atoms. The highest BCUT2D eigenvalue weighted by Crippen LogP contribution is 2.42. The molecular weight excluding hydrogens is 346 g/mol. The maximum Gasteiger partial charge on any atom is 0.262 e. The third-order valence-corrected chi connectivity index (χ3v) is 6.74. The monoisotopic (exact) mass is 375 g/mol. The van der Waals surface area contributed by atoms with Crippen LogP contribution in [0.1, 0.15) is 63.2 Å². The van der Waals surface area contributed by atoms with Gasteiger partial charge in [-0.15, -0.1) is 11.3 Å². The number of carbonyl (C=O) groups is 1. The van der Waals surface area contributed by atoms with Gasteiger partial charge in [0.05, 0.1) is 5.39 Å². The second-order valence-corrected chi connectivity index (χ2v) is 9.48. The van der Waals surface area contributed by atoms with Gasteiger partial charge in [-0.25, -0.2) is 4.98 Å². The summed E-state index contributed by atoms with van der Waals surface area (Å²) in [5.74, 6) is 1.12. The van der Waals surface area contributed by atoms with Gasteiger partial charge in [0.1, 0.15) is 10.7 Å². The molecule has 0 bridgehead atoms. The zero-order valence-electron chi connectivity index (χ0n) is 16.2. The molecule has 6 heteroatoms. The minimum absolute atomic E-state index is 0.0584. The fourth-order valence-electron chi connectivity index (χ4n) is 3.95. The SMILES string of the molecule is CCc1nc2sc3c(c2c(=O)n1CCCC(N)=O)CCC(C(C)(C)C)C3. The van der Waals surface area contributed by atoms with E-state index >= 15 is 0 Å². The van der Waals surface area contributed by atoms with Gasteiger partial charge in [-0.2, -0.15) is 0 Å². The lowest BCUT2D eigenvalue weighted by atomic mass is 9.72. The fourth-order valence-corrected chi connectivity index (χ4v) is 5.26. The highest BCUT2D eigenvalue weighted by Gasteiger charge is 2.32. The van der Waals surface area contributed by atoms with Crippen LogP contribution >= 0.6 is 11.3 Å². The van der Waals surface area contributed by atoms with Gasteiger partial charge < -0.3 is 5.73 Å². The number of hydrogen-bond donors (Lipinski definition) is 1. The molecule has 1 amide bonds. The molecule has 1 atom stereocenters. The van der Waals surface area contributed by atoms with Crippen molar-refractivity contribution in [2.75, 3.05) is 0 Å². The summed E-state index contributed by atoms with van der Waals surface area (Å²) in [5, 5.41) is 0.814. The molecule has 1 aliphatic carbocycles. The number of fused-ring (bicyclic) bond motifs is 3. The average Bonchev–Trinajstić information content (AvgIpc) is 2.93. The topological polar surface area (TPSA) is 78.0 Å². The zero-order valence-corrected chi connectivity index (χ0v) is 17.0. The molecule has 0 radical (unpaired) electrons. The van der Waals surface area contributed by atoms with Crippen LogP contribution in [0, 0.1) is 11.3 Å². The van der Waals surface area contributed by atoms with Crippen molar-refractivity contribution in [2.24, 2.45) is 17.1 Å². The number of rotatable bonds is 5. The number of hydrogen-bond acceptors (Lipinski definition) is 4. The lowest BCUT2D eigenvalue weighted by Crippen LogP contribution is -2.28. The normalized spacial score (nSPS) is 17.5. The molecule has 1 unspecified atom stereocenters. The van der Waals surface area contributed by atoms with E-state index < -0.39 is 0 Å². The predicted molar refractivity (Wildman–Crippen MR) is 107 cm³/mol. The molecule has 26 heavy (non-hydrogen) atoms. The van der Waals surface area contributed by atoms with Crippen LogP contribution < -0.4 is 11.3 Å². The Morgan fingerprint density at radius 3 is 2.73 bits per heavy atom. The molecule has 3 rings (SSSR count). The highest BCUT2D eigenvalue weighted by atomic mass is 32.1. The van der Waals surface area contributed by atoms with E-state index in [0.717, 1.165) is 35.3 Å². The van der Waals surface area contributed by atoms with Crippen molar-refractivity contribution in [1.29, 1.82) is 0 Å². The van der Waals surface area contributed by atoms with Crippen molar-refractivity contribution in [3.8, 4) is 0 Å². The van der Waals surface area contributed by atoms with Crippen LogP contribution in [0.2, 0.25) is 0 Å². The second kappa shape index (κ2) is 7.14. The molecule has 2 aromatic heterocycles. The molecule has 0 saturated carbocycles. The van der Waals surface area contributed by atoms with Crippen LogP contribution in [0.5, 0.6) is 0 Å². The Bertz CT molecular complexity index is 889. The molecule has 0 saturated heterocycles. The number of aryl methyl sites for hydroxylation is 2. The molecule has 2 aromatic rings. The Morgan fingerprint density at radius 1 is 1.38 bits per heavy atom. The summed E-state index contributed by atoms with van der Waals surface area (Å²) in [6.07, 6.45) is 4.70. The molecule has 1 aliphatic rings. The number of carbonyl (C=O) groups excluding carboxylic acids is 1. The summed E-state index contributed by atoms with van der Waals surface area (Å²) < 4.78 is 1.76. The summed E-state index contributed by atoms with van der Waals surface area (Å²) in [4.78, 5) is 31.3. The van der Waals surface area contributed by atoms with Crippen LogP contribution in [0.25, 0.3) is 10.2 Å². The molecule has 0 aliphatic heterocycles. The Labute approximate surface area is 158 Å². The summed E-state index contributed by atoms with van der Waals surface area (Å²) in [7, 11) is 0. The minimum Gasteiger partial charge on any atom is -0.370 e. The van der Waals surface area contributed by atoms with E-state index in [1.54, 1.807) is 15.9 Å². The Kier molecular flexibility index (Phi) is 5.24. The quantitative estimate of drug-likeness (QED) is 0.869. The van der Waals surface area contributed by atoms with E-state index in [2.05, 4.69) is 20.8 Å². The van der Waals surface area contributed by atoms with E-state index in [0.29, 0.717) is 31.7 Å². The van der Waals surface area contributed by atoms with Crippen LogP contribution in [-0.2, 0) is 30.6 Å². The number of thiophene rings is 1. The van der Waals surface area contributed by atoms with Crippen LogP contribution in [0.15, 0.2) is 4.79 Å². The number of amides is 1. The van der Waals surface area contributed by atoms with E-state index in [-0.39, 0.29) is 16.9 Å². The first-order chi connectivity index (χ1) is 12.2. The van der Waals surface area contributed by atoms with Crippen molar-refractivity contribution in [3.63, 3.8) is 0 Å². The standard InChI is InChI=1S/C20H29N3O2S/c1-5-16-22-18-17(19(25)23(16)10-6-7-15(21)24)13-9-8-12(20(2,3)4)11-14(13)26-18/h12H,5-11H2,1-4H3,(H2,21,24). The molecule has 2 heterocycles. The fraction of sp³-hybridized carbons (Fsp3) is 0.650. The van der Waals surface area contributed by atoms with E-state index in [1.807, 2.05) is 6.92 Å². The third-order valence-electron chi connectivity index (χ3n) is 5.59. The van der Waals surface area contributed by atoms with Crippen molar-refractivity contribution in [2.45, 2.75) is 72.8 Å². The highest BCUT2D eigenvalue weighted by molar-refractivity contribution is 7.18.